The summed E-state index contributed by atoms with van der Waals surface area (Å²) in [7, 11) is 0. The van der Waals surface area contributed by atoms with E-state index in [0.717, 1.165) is 10.5 Å². The summed E-state index contributed by atoms with van der Waals surface area (Å²) in [4.78, 5) is 28.1. The van der Waals surface area contributed by atoms with Crippen molar-refractivity contribution in [3.8, 4) is 0 Å². The van der Waals surface area contributed by atoms with Crippen LogP contribution in [0.15, 0.2) is 24.5 Å². The van der Waals surface area contributed by atoms with Crippen molar-refractivity contribution in [3.63, 3.8) is 0 Å². The van der Waals surface area contributed by atoms with Gasteiger partial charge in [-0.05, 0) is 18.1 Å². The molecule has 1 saturated heterocycles. The fraction of sp³-hybridized carbons (Fsp3) is 0.462. The summed E-state index contributed by atoms with van der Waals surface area (Å²) in [5.74, 6) is -1.09. The van der Waals surface area contributed by atoms with Crippen molar-refractivity contribution >= 4 is 12.0 Å². The van der Waals surface area contributed by atoms with Gasteiger partial charge in [0, 0.05) is 31.9 Å². The van der Waals surface area contributed by atoms with E-state index in [-0.39, 0.29) is 13.0 Å². The first-order valence-corrected chi connectivity index (χ1v) is 6.42. The van der Waals surface area contributed by atoms with Crippen LogP contribution in [0.1, 0.15) is 12.0 Å². The number of carbonyl (C=O) groups excluding carboxylic acids is 1. The first-order chi connectivity index (χ1) is 9.58. The van der Waals surface area contributed by atoms with Gasteiger partial charge in [-0.3, -0.25) is 4.98 Å². The van der Waals surface area contributed by atoms with Gasteiger partial charge in [-0.2, -0.15) is 0 Å². The fourth-order valence-electron chi connectivity index (χ4n) is 2.23. The normalized spacial score (nSPS) is 21.8. The van der Waals surface area contributed by atoms with E-state index >= 15 is 0 Å². The summed E-state index contributed by atoms with van der Waals surface area (Å²) in [5, 5.41) is 21.2. The number of amides is 2. The van der Waals surface area contributed by atoms with Crippen LogP contribution in [0.2, 0.25) is 0 Å². The molecule has 20 heavy (non-hydrogen) atoms. The SMILES string of the molecule is O=C(O)[C@@H]1CC(O)CN1C(=O)NCCc1cccnc1. The van der Waals surface area contributed by atoms with Crippen LogP contribution in [0.25, 0.3) is 0 Å². The molecule has 1 aromatic heterocycles. The van der Waals surface area contributed by atoms with Gasteiger partial charge in [0.25, 0.3) is 0 Å². The van der Waals surface area contributed by atoms with Crippen LogP contribution >= 0.6 is 0 Å². The van der Waals surface area contributed by atoms with Gasteiger partial charge in [-0.15, -0.1) is 0 Å². The maximum Gasteiger partial charge on any atom is 0.326 e. The Hall–Kier alpha value is -2.15. The minimum atomic E-state index is -1.09. The van der Waals surface area contributed by atoms with Gasteiger partial charge in [-0.1, -0.05) is 6.07 Å². The number of carboxylic acid groups (broad SMARTS) is 1. The summed E-state index contributed by atoms with van der Waals surface area (Å²) < 4.78 is 0. The lowest BCUT2D eigenvalue weighted by atomic mass is 10.2. The maximum absolute atomic E-state index is 11.9. The van der Waals surface area contributed by atoms with Crippen LogP contribution < -0.4 is 5.32 Å². The first-order valence-electron chi connectivity index (χ1n) is 6.42. The Kier molecular flexibility index (Phi) is 4.52. The zero-order chi connectivity index (χ0) is 14.5. The number of hydrogen-bond donors (Lipinski definition) is 3. The number of urea groups is 1. The molecule has 0 bridgehead atoms. The van der Waals surface area contributed by atoms with Crippen molar-refractivity contribution in [2.75, 3.05) is 13.1 Å². The molecule has 7 heteroatoms. The quantitative estimate of drug-likeness (QED) is 0.711. The second-order valence-corrected chi connectivity index (χ2v) is 4.74. The molecule has 0 saturated carbocycles. The highest BCUT2D eigenvalue weighted by Gasteiger charge is 2.38. The maximum atomic E-state index is 11.9. The number of rotatable bonds is 4. The number of nitrogens with one attached hydrogen (secondary N) is 1. The molecular formula is C13H17N3O4. The van der Waals surface area contributed by atoms with Crippen molar-refractivity contribution < 1.29 is 19.8 Å². The summed E-state index contributed by atoms with van der Waals surface area (Å²) in [5.41, 5.74) is 0.990. The summed E-state index contributed by atoms with van der Waals surface area (Å²) in [6, 6.07) is 2.30. The van der Waals surface area contributed by atoms with E-state index in [9.17, 15) is 14.7 Å². The second kappa shape index (κ2) is 6.33. The Bertz CT molecular complexity index is 480. The van der Waals surface area contributed by atoms with Crippen LogP contribution in [0, 0.1) is 0 Å². The lowest BCUT2D eigenvalue weighted by molar-refractivity contribution is -0.141. The van der Waals surface area contributed by atoms with Crippen LogP contribution in [0.4, 0.5) is 4.79 Å². The third kappa shape index (κ3) is 3.45. The monoisotopic (exact) mass is 279 g/mol. The average molecular weight is 279 g/mol. The molecule has 1 aliphatic heterocycles. The highest BCUT2D eigenvalue weighted by atomic mass is 16.4. The van der Waals surface area contributed by atoms with E-state index < -0.39 is 24.1 Å². The Morgan fingerprint density at radius 2 is 2.30 bits per heavy atom. The number of aliphatic carboxylic acids is 1. The molecule has 0 radical (unpaired) electrons. The molecule has 0 aromatic carbocycles. The topological polar surface area (TPSA) is 103 Å². The van der Waals surface area contributed by atoms with Gasteiger partial charge < -0.3 is 20.4 Å². The van der Waals surface area contributed by atoms with Crippen molar-refractivity contribution in [1.29, 1.82) is 0 Å². The van der Waals surface area contributed by atoms with Gasteiger partial charge in [0.1, 0.15) is 6.04 Å². The number of hydrogen-bond acceptors (Lipinski definition) is 4. The molecule has 2 atom stereocenters. The molecule has 1 aromatic rings. The molecule has 1 aliphatic rings. The smallest absolute Gasteiger partial charge is 0.326 e. The van der Waals surface area contributed by atoms with Crippen molar-refractivity contribution in [2.24, 2.45) is 0 Å². The van der Waals surface area contributed by atoms with E-state index in [4.69, 9.17) is 5.11 Å². The molecule has 2 heterocycles. The van der Waals surface area contributed by atoms with Crippen molar-refractivity contribution in [2.45, 2.75) is 25.0 Å². The van der Waals surface area contributed by atoms with Crippen LogP contribution in [0.3, 0.4) is 0 Å². The Labute approximate surface area is 116 Å². The lowest BCUT2D eigenvalue weighted by Gasteiger charge is -2.21. The number of aliphatic hydroxyl groups is 1. The zero-order valence-corrected chi connectivity index (χ0v) is 10.9. The summed E-state index contributed by atoms with van der Waals surface area (Å²) in [6.07, 6.45) is 3.30. The molecule has 2 amide bonds. The largest absolute Gasteiger partial charge is 0.480 e. The number of nitrogens with zero attached hydrogens (tertiary/aromatic N) is 2. The van der Waals surface area contributed by atoms with Crippen LogP contribution in [-0.2, 0) is 11.2 Å². The van der Waals surface area contributed by atoms with Gasteiger partial charge in [0.05, 0.1) is 6.10 Å². The molecule has 0 spiro atoms. The van der Waals surface area contributed by atoms with Gasteiger partial charge in [0.2, 0.25) is 0 Å². The second-order valence-electron chi connectivity index (χ2n) is 4.74. The van der Waals surface area contributed by atoms with E-state index in [2.05, 4.69) is 10.3 Å². The standard InChI is InChI=1S/C13H17N3O4/c17-10-6-11(12(18)19)16(8-10)13(20)15-5-3-9-2-1-4-14-7-9/h1-2,4,7,10-11,17H,3,5-6,8H2,(H,15,20)(H,18,19)/t10?,11-/m0/s1. The lowest BCUT2D eigenvalue weighted by Crippen LogP contribution is -2.46. The highest BCUT2D eigenvalue weighted by molar-refractivity contribution is 5.83. The number of carboxylic acids is 1. The van der Waals surface area contributed by atoms with Gasteiger partial charge >= 0.3 is 12.0 Å². The third-order valence-electron chi connectivity index (χ3n) is 3.24. The minimum absolute atomic E-state index is 0.0513. The van der Waals surface area contributed by atoms with E-state index in [0.29, 0.717) is 13.0 Å². The first kappa shape index (κ1) is 14.3. The number of β-amino-alcohol motifs (C(OH)–C–C–N with tert-alkyl or cyclic N) is 1. The predicted octanol–water partition coefficient (Wildman–Crippen LogP) is -0.146. The number of aliphatic hydroxyl groups excluding tert-OH is 1. The molecule has 1 fully saturated rings. The molecule has 0 aliphatic carbocycles. The van der Waals surface area contributed by atoms with Gasteiger partial charge in [-0.25, -0.2) is 9.59 Å². The predicted molar refractivity (Wildman–Crippen MR) is 70.1 cm³/mol. The number of likely N-dealkylation sites (tertiary alicyclic amines) is 1. The molecule has 1 unspecified atom stereocenters. The Morgan fingerprint density at radius 1 is 1.50 bits per heavy atom. The Morgan fingerprint density at radius 3 is 2.95 bits per heavy atom. The van der Waals surface area contributed by atoms with E-state index in [1.54, 1.807) is 12.4 Å². The average Bonchev–Trinajstić information content (AvgIpc) is 2.82. The van der Waals surface area contributed by atoms with Crippen LogP contribution in [-0.4, -0.2) is 57.3 Å². The number of carbonyl (C=O) groups is 2. The summed E-state index contributed by atoms with van der Waals surface area (Å²) in [6.45, 7) is 0.444. The molecule has 3 N–H and O–H groups in total. The summed E-state index contributed by atoms with van der Waals surface area (Å²) >= 11 is 0. The molecule has 108 valence electrons. The Balaban J connectivity index is 1.84. The minimum Gasteiger partial charge on any atom is -0.480 e. The van der Waals surface area contributed by atoms with Crippen molar-refractivity contribution in [3.05, 3.63) is 30.1 Å². The highest BCUT2D eigenvalue weighted by Crippen LogP contribution is 2.18. The number of aromatic nitrogens is 1. The fourth-order valence-corrected chi connectivity index (χ4v) is 2.23. The molecule has 7 nitrogen and oxygen atoms in total. The van der Waals surface area contributed by atoms with Crippen molar-refractivity contribution in [1.82, 2.24) is 15.2 Å². The number of pyridine rings is 1. The molecular weight excluding hydrogens is 262 g/mol. The molecule has 2 rings (SSSR count). The third-order valence-corrected chi connectivity index (χ3v) is 3.24. The van der Waals surface area contributed by atoms with E-state index in [1.807, 2.05) is 12.1 Å². The van der Waals surface area contributed by atoms with Gasteiger partial charge in [0.15, 0.2) is 0 Å². The zero-order valence-electron chi connectivity index (χ0n) is 10.9. The van der Waals surface area contributed by atoms with Crippen LogP contribution in [0.5, 0.6) is 0 Å². The van der Waals surface area contributed by atoms with E-state index in [1.165, 1.54) is 0 Å².